The first-order valence-corrected chi connectivity index (χ1v) is 13.9. The molecule has 2 unspecified atom stereocenters. The average Bonchev–Trinajstić information content (AvgIpc) is 3.45. The van der Waals surface area contributed by atoms with Crippen LogP contribution < -0.4 is 10.6 Å². The maximum absolute atomic E-state index is 14.2. The first-order valence-electron chi connectivity index (χ1n) is 13.9. The van der Waals surface area contributed by atoms with Crippen LogP contribution in [-0.2, 0) is 25.7 Å². The highest BCUT2D eigenvalue weighted by Gasteiger charge is 2.78. The van der Waals surface area contributed by atoms with Gasteiger partial charge in [0, 0.05) is 13.1 Å². The van der Waals surface area contributed by atoms with Crippen molar-refractivity contribution in [3.8, 4) is 0 Å². The lowest BCUT2D eigenvalue weighted by atomic mass is 9.66. The maximum Gasteiger partial charge on any atom is 0.245 e. The van der Waals surface area contributed by atoms with Gasteiger partial charge in [-0.1, -0.05) is 63.9 Å². The molecule has 3 heterocycles. The molecule has 3 amide bonds. The predicted octanol–water partition coefficient (Wildman–Crippen LogP) is 2.78. The fourth-order valence-corrected chi connectivity index (χ4v) is 6.86. The molecule has 1 aromatic carbocycles. The molecule has 3 N–H and O–H groups in total. The number of hydrogen-bond donors (Lipinski definition) is 3. The summed E-state index contributed by atoms with van der Waals surface area (Å²) >= 11 is 0. The molecule has 0 aliphatic carbocycles. The van der Waals surface area contributed by atoms with Crippen molar-refractivity contribution in [3.05, 3.63) is 35.9 Å². The third-order valence-electron chi connectivity index (χ3n) is 8.48. The standard InChI is InChI=1S/C29H43N3O5/c1-5-6-10-15-30-26(35)24-29-14-13-28(4,37-29)22(25(34)31-17-20-11-8-7-9-12-20)23(29)27(36)32(24)21(18-33)16-19(2)3/h7-9,11-12,19,21-24,33H,5-6,10,13-18H2,1-4H3,(H,30,35)(H,31,34)/t21-,22+,23+,24?,28-,29?/m1/s1. The zero-order valence-electron chi connectivity index (χ0n) is 22.7. The Morgan fingerprint density at radius 2 is 1.86 bits per heavy atom. The summed E-state index contributed by atoms with van der Waals surface area (Å²) in [6.07, 6.45) is 4.60. The van der Waals surface area contributed by atoms with Crippen molar-refractivity contribution in [2.24, 2.45) is 17.8 Å². The van der Waals surface area contributed by atoms with Crippen LogP contribution in [-0.4, -0.2) is 64.2 Å². The van der Waals surface area contributed by atoms with Gasteiger partial charge in [0.25, 0.3) is 0 Å². The second-order valence-electron chi connectivity index (χ2n) is 11.6. The van der Waals surface area contributed by atoms with Gasteiger partial charge < -0.3 is 25.4 Å². The van der Waals surface area contributed by atoms with Crippen molar-refractivity contribution in [1.82, 2.24) is 15.5 Å². The Labute approximate surface area is 220 Å². The van der Waals surface area contributed by atoms with Gasteiger partial charge in [0.1, 0.15) is 11.6 Å². The number of hydrogen-bond acceptors (Lipinski definition) is 5. The molecule has 204 valence electrons. The van der Waals surface area contributed by atoms with E-state index in [9.17, 15) is 19.5 Å². The molecule has 37 heavy (non-hydrogen) atoms. The predicted molar refractivity (Wildman–Crippen MR) is 140 cm³/mol. The van der Waals surface area contributed by atoms with E-state index in [1.165, 1.54) is 0 Å². The number of nitrogens with zero attached hydrogens (tertiary/aromatic N) is 1. The summed E-state index contributed by atoms with van der Waals surface area (Å²) in [7, 11) is 0. The van der Waals surface area contributed by atoms with Crippen molar-refractivity contribution in [1.29, 1.82) is 0 Å². The molecule has 0 saturated carbocycles. The monoisotopic (exact) mass is 513 g/mol. The minimum absolute atomic E-state index is 0.218. The SMILES string of the molecule is CCCCCNC(=O)C1N([C@@H](CO)CC(C)C)C(=O)[C@@H]2[C@@H](C(=O)NCc3ccccc3)[C@@]3(C)CCC12O3. The van der Waals surface area contributed by atoms with E-state index < -0.39 is 35.1 Å². The normalized spacial score (nSPS) is 31.0. The van der Waals surface area contributed by atoms with Gasteiger partial charge in [0.05, 0.1) is 30.1 Å². The number of likely N-dealkylation sites (tertiary alicyclic amines) is 1. The Bertz CT molecular complexity index is 985. The van der Waals surface area contributed by atoms with Crippen LogP contribution in [0, 0.1) is 17.8 Å². The summed E-state index contributed by atoms with van der Waals surface area (Å²) in [6.45, 7) is 8.72. The number of benzene rings is 1. The van der Waals surface area contributed by atoms with Gasteiger partial charge in [-0.25, -0.2) is 0 Å². The summed E-state index contributed by atoms with van der Waals surface area (Å²) in [4.78, 5) is 43.1. The van der Waals surface area contributed by atoms with Gasteiger partial charge >= 0.3 is 0 Å². The van der Waals surface area contributed by atoms with Crippen molar-refractivity contribution in [2.45, 2.75) is 96.1 Å². The first kappa shape index (κ1) is 27.6. The molecule has 8 nitrogen and oxygen atoms in total. The van der Waals surface area contributed by atoms with Gasteiger partial charge in [-0.15, -0.1) is 0 Å². The Morgan fingerprint density at radius 1 is 1.14 bits per heavy atom. The number of amides is 3. The molecule has 0 radical (unpaired) electrons. The van der Waals surface area contributed by atoms with E-state index in [0.29, 0.717) is 32.4 Å². The van der Waals surface area contributed by atoms with E-state index in [4.69, 9.17) is 4.74 Å². The lowest BCUT2D eigenvalue weighted by molar-refractivity contribution is -0.150. The van der Waals surface area contributed by atoms with E-state index in [1.54, 1.807) is 4.90 Å². The Hall–Kier alpha value is -2.45. The lowest BCUT2D eigenvalue weighted by Gasteiger charge is -2.37. The zero-order valence-corrected chi connectivity index (χ0v) is 22.7. The van der Waals surface area contributed by atoms with Gasteiger partial charge in [-0.05, 0) is 44.1 Å². The molecule has 0 aromatic heterocycles. The van der Waals surface area contributed by atoms with Crippen LogP contribution in [0.3, 0.4) is 0 Å². The second kappa shape index (κ2) is 11.1. The fourth-order valence-electron chi connectivity index (χ4n) is 6.86. The molecule has 1 spiro atoms. The quantitative estimate of drug-likeness (QED) is 0.373. The van der Waals surface area contributed by atoms with Gasteiger partial charge in [0.2, 0.25) is 17.7 Å². The molecule has 2 bridgehead atoms. The highest BCUT2D eigenvalue weighted by molar-refractivity contribution is 5.99. The zero-order chi connectivity index (χ0) is 26.8. The summed E-state index contributed by atoms with van der Waals surface area (Å²) in [6, 6.07) is 8.28. The lowest BCUT2D eigenvalue weighted by Crippen LogP contribution is -2.58. The summed E-state index contributed by atoms with van der Waals surface area (Å²) < 4.78 is 6.65. The number of aliphatic hydroxyl groups is 1. The molecule has 3 fully saturated rings. The minimum Gasteiger partial charge on any atom is -0.394 e. The van der Waals surface area contributed by atoms with Crippen molar-refractivity contribution < 1.29 is 24.2 Å². The smallest absolute Gasteiger partial charge is 0.245 e. The molecular formula is C29H43N3O5. The molecule has 3 aliphatic heterocycles. The third kappa shape index (κ3) is 5.02. The van der Waals surface area contributed by atoms with E-state index >= 15 is 0 Å². The van der Waals surface area contributed by atoms with Gasteiger partial charge in [0.15, 0.2) is 0 Å². The van der Waals surface area contributed by atoms with Crippen LogP contribution in [0.15, 0.2) is 30.3 Å². The van der Waals surface area contributed by atoms with Crippen LogP contribution in [0.25, 0.3) is 0 Å². The van der Waals surface area contributed by atoms with E-state index in [1.807, 2.05) is 51.1 Å². The largest absolute Gasteiger partial charge is 0.394 e. The summed E-state index contributed by atoms with van der Waals surface area (Å²) in [5, 5.41) is 16.4. The number of rotatable bonds is 12. The number of aliphatic hydroxyl groups excluding tert-OH is 1. The fraction of sp³-hybridized carbons (Fsp3) is 0.690. The van der Waals surface area contributed by atoms with Crippen molar-refractivity contribution in [3.63, 3.8) is 0 Å². The van der Waals surface area contributed by atoms with Crippen LogP contribution >= 0.6 is 0 Å². The molecular weight excluding hydrogens is 470 g/mol. The number of ether oxygens (including phenoxy) is 1. The first-order chi connectivity index (χ1) is 17.7. The molecule has 4 rings (SSSR count). The Balaban J connectivity index is 1.65. The van der Waals surface area contributed by atoms with E-state index in [0.717, 1.165) is 24.8 Å². The van der Waals surface area contributed by atoms with Crippen LogP contribution in [0.5, 0.6) is 0 Å². The van der Waals surface area contributed by atoms with Gasteiger partial charge in [-0.2, -0.15) is 0 Å². The minimum atomic E-state index is -1.07. The molecule has 3 saturated heterocycles. The summed E-state index contributed by atoms with van der Waals surface area (Å²) in [5.41, 5.74) is -0.915. The van der Waals surface area contributed by atoms with Gasteiger partial charge in [-0.3, -0.25) is 14.4 Å². The van der Waals surface area contributed by atoms with Crippen molar-refractivity contribution in [2.75, 3.05) is 13.2 Å². The van der Waals surface area contributed by atoms with Crippen LogP contribution in [0.2, 0.25) is 0 Å². The highest BCUT2D eigenvalue weighted by Crippen LogP contribution is 2.63. The molecule has 3 aliphatic rings. The second-order valence-corrected chi connectivity index (χ2v) is 11.6. The number of fused-ring (bicyclic) bond motifs is 1. The number of carbonyl (C=O) groups excluding carboxylic acids is 3. The number of nitrogens with one attached hydrogen (secondary N) is 2. The Kier molecular flexibility index (Phi) is 8.29. The average molecular weight is 514 g/mol. The Morgan fingerprint density at radius 3 is 2.51 bits per heavy atom. The summed E-state index contributed by atoms with van der Waals surface area (Å²) in [5.74, 6) is -1.96. The third-order valence-corrected chi connectivity index (χ3v) is 8.48. The number of carbonyl (C=O) groups is 3. The van der Waals surface area contributed by atoms with Crippen LogP contribution in [0.1, 0.15) is 71.8 Å². The van der Waals surface area contributed by atoms with E-state index in [2.05, 4.69) is 17.6 Å². The van der Waals surface area contributed by atoms with Crippen molar-refractivity contribution >= 4 is 17.7 Å². The van der Waals surface area contributed by atoms with E-state index in [-0.39, 0.29) is 30.2 Å². The molecule has 6 atom stereocenters. The topological polar surface area (TPSA) is 108 Å². The molecule has 8 heteroatoms. The van der Waals surface area contributed by atoms with Crippen LogP contribution in [0.4, 0.5) is 0 Å². The maximum atomic E-state index is 14.2. The highest BCUT2D eigenvalue weighted by atomic mass is 16.5. The number of unbranched alkanes of at least 4 members (excludes halogenated alkanes) is 2. The molecule has 1 aromatic rings.